The lowest BCUT2D eigenvalue weighted by molar-refractivity contribution is -0.118. The molecule has 21 heavy (non-hydrogen) atoms. The summed E-state index contributed by atoms with van der Waals surface area (Å²) in [6.45, 7) is 4.00. The monoisotopic (exact) mass is 300 g/mol. The number of hydrogen-bond donors (Lipinski definition) is 0. The molecule has 0 aliphatic carbocycles. The zero-order chi connectivity index (χ0) is 15.2. The van der Waals surface area contributed by atoms with Crippen molar-refractivity contribution in [3.8, 4) is 0 Å². The summed E-state index contributed by atoms with van der Waals surface area (Å²) in [5.41, 5.74) is 2.01. The van der Waals surface area contributed by atoms with E-state index in [2.05, 4.69) is 0 Å². The van der Waals surface area contributed by atoms with E-state index < -0.39 is 10.8 Å². The summed E-state index contributed by atoms with van der Waals surface area (Å²) in [5, 5.41) is 0. The SMILES string of the molecule is CCCC(=O)Cc1ccccc1S(=O)c1ccc(C)cc1. The Morgan fingerprint density at radius 1 is 1.05 bits per heavy atom. The van der Waals surface area contributed by atoms with Gasteiger partial charge in [-0.2, -0.15) is 0 Å². The summed E-state index contributed by atoms with van der Waals surface area (Å²) in [6.07, 6.45) is 1.79. The summed E-state index contributed by atoms with van der Waals surface area (Å²) in [7, 11) is -1.24. The highest BCUT2D eigenvalue weighted by Gasteiger charge is 2.13. The summed E-state index contributed by atoms with van der Waals surface area (Å²) in [6, 6.07) is 15.2. The minimum Gasteiger partial charge on any atom is -0.299 e. The van der Waals surface area contributed by atoms with E-state index in [0.29, 0.717) is 12.8 Å². The van der Waals surface area contributed by atoms with Gasteiger partial charge >= 0.3 is 0 Å². The fourth-order valence-corrected chi connectivity index (χ4v) is 3.42. The Hall–Kier alpha value is -1.74. The normalized spacial score (nSPS) is 12.1. The Morgan fingerprint density at radius 2 is 1.71 bits per heavy atom. The molecule has 0 bridgehead atoms. The van der Waals surface area contributed by atoms with Crippen molar-refractivity contribution in [3.63, 3.8) is 0 Å². The minimum absolute atomic E-state index is 0.200. The summed E-state index contributed by atoms with van der Waals surface area (Å²) >= 11 is 0. The molecule has 0 aliphatic rings. The van der Waals surface area contributed by atoms with Gasteiger partial charge < -0.3 is 0 Å². The largest absolute Gasteiger partial charge is 0.299 e. The van der Waals surface area contributed by atoms with Crippen molar-refractivity contribution in [2.45, 2.75) is 42.9 Å². The van der Waals surface area contributed by atoms with Gasteiger partial charge in [0.05, 0.1) is 10.8 Å². The number of Topliss-reactive ketones (excluding diaryl/α,β-unsaturated/α-hetero) is 1. The molecule has 2 aromatic rings. The first-order valence-corrected chi connectivity index (χ1v) is 8.35. The smallest absolute Gasteiger partial charge is 0.137 e. The molecular weight excluding hydrogens is 280 g/mol. The third-order valence-electron chi connectivity index (χ3n) is 3.32. The molecule has 2 aromatic carbocycles. The number of hydrogen-bond acceptors (Lipinski definition) is 2. The maximum atomic E-state index is 12.7. The van der Waals surface area contributed by atoms with Crippen molar-refractivity contribution in [1.29, 1.82) is 0 Å². The van der Waals surface area contributed by atoms with E-state index in [0.717, 1.165) is 27.3 Å². The van der Waals surface area contributed by atoms with Gasteiger partial charge in [0.2, 0.25) is 0 Å². The zero-order valence-electron chi connectivity index (χ0n) is 12.5. The summed E-state index contributed by atoms with van der Waals surface area (Å²) < 4.78 is 12.7. The third-order valence-corrected chi connectivity index (χ3v) is 4.82. The zero-order valence-corrected chi connectivity index (χ0v) is 13.3. The van der Waals surface area contributed by atoms with Crippen LogP contribution in [0.4, 0.5) is 0 Å². The van der Waals surface area contributed by atoms with Gasteiger partial charge in [-0.15, -0.1) is 0 Å². The number of aryl methyl sites for hydroxylation is 1. The second kappa shape index (κ2) is 7.32. The van der Waals surface area contributed by atoms with Crippen molar-refractivity contribution in [3.05, 3.63) is 59.7 Å². The number of carbonyl (C=O) groups excluding carboxylic acids is 1. The van der Waals surface area contributed by atoms with Crippen LogP contribution in [0.1, 0.15) is 30.9 Å². The first-order chi connectivity index (χ1) is 10.1. The highest BCUT2D eigenvalue weighted by atomic mass is 32.2. The first kappa shape index (κ1) is 15.6. The average molecular weight is 300 g/mol. The van der Waals surface area contributed by atoms with E-state index in [-0.39, 0.29) is 5.78 Å². The topological polar surface area (TPSA) is 34.1 Å². The fourth-order valence-electron chi connectivity index (χ4n) is 2.20. The molecule has 3 heteroatoms. The Morgan fingerprint density at radius 3 is 2.38 bits per heavy atom. The van der Waals surface area contributed by atoms with Crippen molar-refractivity contribution >= 4 is 16.6 Å². The number of benzene rings is 2. The molecule has 2 rings (SSSR count). The Labute approximate surface area is 128 Å². The van der Waals surface area contributed by atoms with Crippen molar-refractivity contribution in [2.75, 3.05) is 0 Å². The van der Waals surface area contributed by atoms with Gasteiger partial charge in [0, 0.05) is 22.6 Å². The van der Waals surface area contributed by atoms with Crippen LogP contribution in [0.15, 0.2) is 58.3 Å². The van der Waals surface area contributed by atoms with Gasteiger partial charge in [-0.1, -0.05) is 42.8 Å². The molecule has 0 radical (unpaired) electrons. The number of rotatable bonds is 6. The molecule has 1 unspecified atom stereocenters. The molecule has 0 saturated heterocycles. The van der Waals surface area contributed by atoms with Gasteiger partial charge in [-0.25, -0.2) is 4.21 Å². The quantitative estimate of drug-likeness (QED) is 0.805. The van der Waals surface area contributed by atoms with Crippen molar-refractivity contribution in [2.24, 2.45) is 0 Å². The van der Waals surface area contributed by atoms with Crippen LogP contribution in [0.2, 0.25) is 0 Å². The van der Waals surface area contributed by atoms with Crippen LogP contribution in [0.25, 0.3) is 0 Å². The van der Waals surface area contributed by atoms with E-state index in [1.807, 2.05) is 62.4 Å². The summed E-state index contributed by atoms with van der Waals surface area (Å²) in [4.78, 5) is 13.4. The average Bonchev–Trinajstić information content (AvgIpc) is 2.48. The first-order valence-electron chi connectivity index (χ1n) is 7.20. The minimum atomic E-state index is -1.24. The molecule has 110 valence electrons. The number of ketones is 1. The van der Waals surface area contributed by atoms with Crippen LogP contribution in [0, 0.1) is 6.92 Å². The molecule has 0 aliphatic heterocycles. The van der Waals surface area contributed by atoms with Gasteiger partial charge in [0.25, 0.3) is 0 Å². The molecule has 0 saturated carbocycles. The second-order valence-electron chi connectivity index (χ2n) is 5.15. The Kier molecular flexibility index (Phi) is 5.45. The molecule has 0 amide bonds. The molecule has 0 heterocycles. The van der Waals surface area contributed by atoms with E-state index in [4.69, 9.17) is 0 Å². The van der Waals surface area contributed by atoms with Crippen LogP contribution < -0.4 is 0 Å². The van der Waals surface area contributed by atoms with Crippen LogP contribution >= 0.6 is 0 Å². The molecule has 0 N–H and O–H groups in total. The predicted octanol–water partition coefficient (Wildman–Crippen LogP) is 4.07. The molecule has 0 spiro atoms. The third kappa shape index (κ3) is 4.11. The molecular formula is C18H20O2S. The van der Waals surface area contributed by atoms with Gasteiger partial charge in [-0.05, 0) is 37.1 Å². The molecule has 0 aromatic heterocycles. The maximum absolute atomic E-state index is 12.7. The van der Waals surface area contributed by atoms with Gasteiger partial charge in [0.15, 0.2) is 0 Å². The van der Waals surface area contributed by atoms with Crippen molar-refractivity contribution in [1.82, 2.24) is 0 Å². The lowest BCUT2D eigenvalue weighted by Gasteiger charge is -2.09. The van der Waals surface area contributed by atoms with Crippen LogP contribution in [0.5, 0.6) is 0 Å². The van der Waals surface area contributed by atoms with E-state index in [1.165, 1.54) is 0 Å². The number of carbonyl (C=O) groups is 1. The highest BCUT2D eigenvalue weighted by molar-refractivity contribution is 7.85. The second-order valence-corrected chi connectivity index (χ2v) is 6.60. The lowest BCUT2D eigenvalue weighted by atomic mass is 10.1. The van der Waals surface area contributed by atoms with Crippen LogP contribution in [-0.4, -0.2) is 9.99 Å². The molecule has 0 fully saturated rings. The standard InChI is InChI=1S/C18H20O2S/c1-3-6-16(19)13-15-7-4-5-8-18(15)21(20)17-11-9-14(2)10-12-17/h4-5,7-12H,3,6,13H2,1-2H3. The Balaban J connectivity index is 2.29. The van der Waals surface area contributed by atoms with Gasteiger partial charge in [0.1, 0.15) is 5.78 Å². The van der Waals surface area contributed by atoms with Crippen LogP contribution in [0.3, 0.4) is 0 Å². The highest BCUT2D eigenvalue weighted by Crippen LogP contribution is 2.21. The van der Waals surface area contributed by atoms with Crippen LogP contribution in [-0.2, 0) is 22.0 Å². The van der Waals surface area contributed by atoms with E-state index in [1.54, 1.807) is 0 Å². The van der Waals surface area contributed by atoms with Gasteiger partial charge in [-0.3, -0.25) is 4.79 Å². The maximum Gasteiger partial charge on any atom is 0.137 e. The molecule has 1 atom stereocenters. The predicted molar refractivity (Wildman–Crippen MR) is 85.9 cm³/mol. The van der Waals surface area contributed by atoms with E-state index in [9.17, 15) is 9.00 Å². The molecule has 2 nitrogen and oxygen atoms in total. The van der Waals surface area contributed by atoms with Crippen molar-refractivity contribution < 1.29 is 9.00 Å². The lowest BCUT2D eigenvalue weighted by Crippen LogP contribution is -2.06. The Bertz CT molecular complexity index is 645. The summed E-state index contributed by atoms with van der Waals surface area (Å²) in [5.74, 6) is 0.200. The fraction of sp³-hybridized carbons (Fsp3) is 0.278. The van der Waals surface area contributed by atoms with E-state index >= 15 is 0 Å².